The molecule has 27 heteroatoms. The summed E-state index contributed by atoms with van der Waals surface area (Å²) in [6.07, 6.45) is 0.592. The van der Waals surface area contributed by atoms with Gasteiger partial charge in [0.05, 0.1) is 39.3 Å². The molecule has 0 bridgehead atoms. The zero-order valence-corrected chi connectivity index (χ0v) is 51.6. The molecule has 5 aromatic rings. The molecule has 2 unspecified atom stereocenters. The Labute approximate surface area is 511 Å². The topological polar surface area (TPSA) is 353 Å². The van der Waals surface area contributed by atoms with Crippen molar-refractivity contribution in [2.75, 3.05) is 26.2 Å². The van der Waals surface area contributed by atoms with Crippen molar-refractivity contribution in [2.24, 2.45) is 11.1 Å². The Morgan fingerprint density at radius 2 is 1.66 bits per heavy atom. The molecule has 3 aliphatic heterocycles. The van der Waals surface area contributed by atoms with Crippen LogP contribution in [-0.2, 0) is 44.5 Å². The van der Waals surface area contributed by atoms with Gasteiger partial charge in [0, 0.05) is 68.3 Å². The van der Waals surface area contributed by atoms with Crippen LogP contribution in [0.2, 0.25) is 5.02 Å². The molecule has 3 fully saturated rings. The highest BCUT2D eigenvalue weighted by Gasteiger charge is 2.47. The number of hydrogen-bond acceptors (Lipinski definition) is 14. The van der Waals surface area contributed by atoms with Gasteiger partial charge in [-0.1, -0.05) is 68.8 Å². The number of aryl methyl sites for hydroxylation is 2. The number of aliphatic hydroxyl groups excluding tert-OH is 1. The lowest BCUT2D eigenvalue weighted by atomic mass is 9.85. The van der Waals surface area contributed by atoms with E-state index in [4.69, 9.17) is 22.1 Å². The lowest BCUT2D eigenvalue weighted by molar-refractivity contribution is -0.145. The van der Waals surface area contributed by atoms with Crippen LogP contribution < -0.4 is 31.7 Å². The zero-order valence-electron chi connectivity index (χ0n) is 49.2. The summed E-state index contributed by atoms with van der Waals surface area (Å²) in [5, 5.41) is 22.8. The average molecular weight is 1260 g/mol. The highest BCUT2D eigenvalue weighted by Crippen LogP contribution is 2.40. The fourth-order valence-corrected chi connectivity index (χ4v) is 12.9. The van der Waals surface area contributed by atoms with Crippen LogP contribution in [0, 0.1) is 12.3 Å². The van der Waals surface area contributed by atoms with Crippen molar-refractivity contribution in [1.29, 1.82) is 0 Å². The van der Waals surface area contributed by atoms with Crippen LogP contribution in [0.4, 0.5) is 0 Å². The van der Waals surface area contributed by atoms with E-state index in [2.05, 4.69) is 31.2 Å². The first-order chi connectivity index (χ1) is 41.1. The molecule has 3 saturated heterocycles. The Kier molecular flexibility index (Phi) is 20.8. The van der Waals surface area contributed by atoms with E-state index in [1.54, 1.807) is 55.8 Å². The molecule has 8 rings (SSSR count). The molecule has 3 aliphatic rings. The number of aliphatic hydroxyl groups is 1. The minimum Gasteiger partial charge on any atom is -0.490 e. The Morgan fingerprint density at radius 1 is 0.931 bits per heavy atom. The van der Waals surface area contributed by atoms with E-state index < -0.39 is 108 Å². The third-order valence-corrected chi connectivity index (χ3v) is 18.3. The molecule has 0 radical (unpaired) electrons. The van der Waals surface area contributed by atoms with Gasteiger partial charge in [-0.25, -0.2) is 4.98 Å². The van der Waals surface area contributed by atoms with Gasteiger partial charge >= 0.3 is 7.60 Å². The lowest BCUT2D eigenvalue weighted by Gasteiger charge is -2.38. The van der Waals surface area contributed by atoms with Crippen LogP contribution in [-0.4, -0.2) is 161 Å². The maximum Gasteiger partial charge on any atom is 0.396 e. The summed E-state index contributed by atoms with van der Waals surface area (Å²) in [5.41, 5.74) is 8.61. The van der Waals surface area contributed by atoms with E-state index in [1.165, 1.54) is 45.9 Å². The molecule has 8 amide bonds. The second-order valence-electron chi connectivity index (χ2n) is 23.6. The fraction of sp³-hybridized carbons (Fsp3) is 0.467. The number of amides is 8. The number of primary amides is 1. The molecule has 8 atom stereocenters. The number of β-amino-alcohol motifs (C(OH)–C–C–N with tert-alkyl or cyclic N) is 1. The van der Waals surface area contributed by atoms with Gasteiger partial charge in [-0.2, -0.15) is 0 Å². The number of aromatic amines is 1. The Morgan fingerprint density at radius 3 is 2.32 bits per heavy atom. The molecule has 24 nitrogen and oxygen atoms in total. The van der Waals surface area contributed by atoms with Crippen molar-refractivity contribution in [3.8, 4) is 16.2 Å². The van der Waals surface area contributed by atoms with Crippen molar-refractivity contribution < 1.29 is 67.3 Å². The van der Waals surface area contributed by atoms with E-state index in [0.29, 0.717) is 36.8 Å². The van der Waals surface area contributed by atoms with E-state index in [9.17, 15) is 62.6 Å². The summed E-state index contributed by atoms with van der Waals surface area (Å²) in [7, 11) is -5.10. The Bertz CT molecular complexity index is 3490. The average Bonchev–Trinajstić information content (AvgIpc) is 2.34. The number of aromatic nitrogens is 2. The van der Waals surface area contributed by atoms with Gasteiger partial charge < -0.3 is 66.3 Å². The van der Waals surface area contributed by atoms with Gasteiger partial charge in [0.1, 0.15) is 42.2 Å². The van der Waals surface area contributed by atoms with E-state index in [0.717, 1.165) is 21.7 Å². The number of nitrogens with zero attached hydrogens (tertiary/aromatic N) is 4. The van der Waals surface area contributed by atoms with Gasteiger partial charge in [-0.05, 0) is 105 Å². The standard InChI is InChI=1S/C60H74ClN10O14PS/c1-32(35-13-15-37(16-14-35)52-33(2)63-31-87-52)64-56(78)47-27-42(73)28-70(47)58(80)53(60(4,5)6)68-50(75)12-8-10-36-9-7-11-48(51(36)61)85-30-40(18-22-49(62)74)65-55(77)46-21-19-41-23-24-69(34(3)72)29-45(57(79)71(41)46)67-54(76)44-26-39-25-38(17-20-43(39)66-44)59(81)86(82,83)84/h7,9,11,13-17,20,25-26,31-32,40-42,45-47,53,66,73H,8,10,12,18-19,21-24,27-30H2,1-6H3,(H2,62,74)(H,64,78)(H,65,77)(H,67,76)(H,68,75)(H2,82,83,84)/t32-,40-,41+,42+,45-,46?,47?,53+/m0/s1. The number of carbonyl (C=O) groups is 9. The number of H-pyrrole nitrogens is 1. The van der Waals surface area contributed by atoms with Crippen molar-refractivity contribution in [2.45, 2.75) is 148 Å². The molecule has 10 N–H and O–H groups in total. The third-order valence-electron chi connectivity index (χ3n) is 16.1. The number of nitrogens with one attached hydrogen (secondary N) is 5. The number of carbonyl (C=O) groups excluding carboxylic acids is 9. The summed E-state index contributed by atoms with van der Waals surface area (Å²) in [4.78, 5) is 153. The first kappa shape index (κ1) is 65.4. The van der Waals surface area contributed by atoms with Crippen molar-refractivity contribution >= 4 is 94.2 Å². The number of hydrogen-bond donors (Lipinski definition) is 9. The molecule has 5 heterocycles. The monoisotopic (exact) mass is 1260 g/mol. The van der Waals surface area contributed by atoms with Gasteiger partial charge in [0.2, 0.25) is 41.4 Å². The summed E-state index contributed by atoms with van der Waals surface area (Å²) in [6.45, 7) is 10.3. The van der Waals surface area contributed by atoms with Gasteiger partial charge in [0.15, 0.2) is 0 Å². The number of likely N-dealkylation sites (tertiary alicyclic amines) is 1. The summed E-state index contributed by atoms with van der Waals surface area (Å²) < 4.78 is 17.8. The molecule has 0 aliphatic carbocycles. The van der Waals surface area contributed by atoms with Gasteiger partial charge in [-0.15, -0.1) is 11.3 Å². The molecule has 87 heavy (non-hydrogen) atoms. The molecule has 2 aromatic heterocycles. The molecule has 3 aromatic carbocycles. The van der Waals surface area contributed by atoms with Crippen LogP contribution in [0.25, 0.3) is 21.3 Å². The smallest absolute Gasteiger partial charge is 0.396 e. The van der Waals surface area contributed by atoms with Crippen LogP contribution in [0.3, 0.4) is 0 Å². The molecular formula is C60H74ClN10O14PS. The fourth-order valence-electron chi connectivity index (χ4n) is 11.4. The number of nitrogens with two attached hydrogens (primary N) is 1. The maximum absolute atomic E-state index is 14.6. The minimum atomic E-state index is -5.10. The molecular weight excluding hydrogens is 1180 g/mol. The maximum atomic E-state index is 14.6. The summed E-state index contributed by atoms with van der Waals surface area (Å²) in [5.74, 6) is -4.02. The number of halogens is 1. The third kappa shape index (κ3) is 16.0. The largest absolute Gasteiger partial charge is 0.490 e. The molecule has 0 spiro atoms. The predicted molar refractivity (Wildman–Crippen MR) is 323 cm³/mol. The normalized spacial score (nSPS) is 20.0. The van der Waals surface area contributed by atoms with Crippen molar-refractivity contribution in [1.82, 2.24) is 45.9 Å². The SMILES string of the molecule is CC(=O)N1CC[C@H]2CCC(C(=O)N[C@@H](CCC(N)=O)COc3cccc(CCCC(=O)N[C@H](C(=O)N4C[C@H](O)CC4C(=O)N[C@@H](C)c4ccc(-c5scnc5C)cc4)C(C)(C)C)c3Cl)N2C(=O)[C@@H](NC(=O)c2cc3cc(C(=O)P(=O)(O)O)ccc3[nH]2)C1. The van der Waals surface area contributed by atoms with Crippen LogP contribution in [0.5, 0.6) is 5.75 Å². The van der Waals surface area contributed by atoms with E-state index in [-0.39, 0.29) is 91.7 Å². The number of ether oxygens (including phenoxy) is 1. The number of benzene rings is 3. The minimum absolute atomic E-state index is 0.00177. The second-order valence-corrected chi connectivity index (χ2v) is 26.3. The highest BCUT2D eigenvalue weighted by atomic mass is 35.5. The number of rotatable bonds is 22. The summed E-state index contributed by atoms with van der Waals surface area (Å²) >= 11 is 8.46. The first-order valence-corrected chi connectivity index (χ1v) is 31.6. The predicted octanol–water partition coefficient (Wildman–Crippen LogP) is 4.80. The van der Waals surface area contributed by atoms with Gasteiger partial charge in [-0.3, -0.25) is 47.7 Å². The number of thiazole rings is 1. The second kappa shape index (κ2) is 27.7. The molecule has 0 saturated carbocycles. The van der Waals surface area contributed by atoms with Crippen molar-refractivity contribution in [3.05, 3.63) is 105 Å². The van der Waals surface area contributed by atoms with Gasteiger partial charge in [0.25, 0.3) is 11.4 Å². The Hall–Kier alpha value is -7.54. The van der Waals surface area contributed by atoms with Crippen LogP contribution >= 0.6 is 30.5 Å². The summed E-state index contributed by atoms with van der Waals surface area (Å²) in [6, 6.07) is 12.0. The van der Waals surface area contributed by atoms with E-state index >= 15 is 0 Å². The van der Waals surface area contributed by atoms with E-state index in [1.807, 2.05) is 38.1 Å². The number of fused-ring (bicyclic) bond motifs is 2. The highest BCUT2D eigenvalue weighted by molar-refractivity contribution is 7.70. The first-order valence-electron chi connectivity index (χ1n) is 28.8. The van der Waals surface area contributed by atoms with Crippen LogP contribution in [0.1, 0.15) is 130 Å². The zero-order chi connectivity index (χ0) is 63.2. The molecule has 466 valence electrons. The Balaban J connectivity index is 0.870. The quantitative estimate of drug-likeness (QED) is 0.0420. The van der Waals surface area contributed by atoms with Crippen LogP contribution in [0.15, 0.2) is 72.2 Å². The lowest BCUT2D eigenvalue weighted by Crippen LogP contribution is -2.61. The van der Waals surface area contributed by atoms with Crippen molar-refractivity contribution in [3.63, 3.8) is 0 Å².